The third kappa shape index (κ3) is 3.64. The lowest BCUT2D eigenvalue weighted by Crippen LogP contribution is -2.24. The summed E-state index contributed by atoms with van der Waals surface area (Å²) in [6.07, 6.45) is 0.441. The summed E-state index contributed by atoms with van der Waals surface area (Å²) in [5, 5.41) is 0. The average molecular weight is 331 g/mol. The van der Waals surface area contributed by atoms with E-state index in [9.17, 15) is 9.59 Å². The fourth-order valence-electron chi connectivity index (χ4n) is 2.08. The Kier molecular flexibility index (Phi) is 4.85. The molecule has 2 aromatic carbocycles. The van der Waals surface area contributed by atoms with Crippen molar-refractivity contribution in [3.8, 4) is 0 Å². The van der Waals surface area contributed by atoms with E-state index in [0.717, 1.165) is 10.0 Å². The van der Waals surface area contributed by atoms with E-state index in [2.05, 4.69) is 15.9 Å². The van der Waals surface area contributed by atoms with Crippen molar-refractivity contribution in [3.05, 3.63) is 70.2 Å². The smallest absolute Gasteiger partial charge is 0.173 e. The first-order valence-electron chi connectivity index (χ1n) is 6.42. The lowest BCUT2D eigenvalue weighted by Gasteiger charge is -2.13. The van der Waals surface area contributed by atoms with Crippen LogP contribution in [0.2, 0.25) is 0 Å². The fourth-order valence-corrected chi connectivity index (χ4v) is 2.35. The first-order valence-corrected chi connectivity index (χ1v) is 7.21. The van der Waals surface area contributed by atoms with E-state index in [-0.39, 0.29) is 11.6 Å². The van der Waals surface area contributed by atoms with E-state index in [0.29, 0.717) is 12.0 Å². The highest BCUT2D eigenvalue weighted by molar-refractivity contribution is 9.10. The van der Waals surface area contributed by atoms with E-state index in [1.165, 1.54) is 6.92 Å². The maximum atomic E-state index is 12.4. The van der Waals surface area contributed by atoms with Gasteiger partial charge in [-0.2, -0.15) is 0 Å². The van der Waals surface area contributed by atoms with Crippen molar-refractivity contribution in [2.24, 2.45) is 5.92 Å². The minimum atomic E-state index is -0.612. The number of ketones is 2. The molecule has 102 valence electrons. The van der Waals surface area contributed by atoms with Crippen LogP contribution in [-0.4, -0.2) is 11.6 Å². The van der Waals surface area contributed by atoms with E-state index in [1.54, 1.807) is 12.1 Å². The van der Waals surface area contributed by atoms with Crippen LogP contribution in [0.3, 0.4) is 0 Å². The van der Waals surface area contributed by atoms with Gasteiger partial charge in [0.1, 0.15) is 5.78 Å². The normalized spacial score (nSPS) is 11.9. The molecule has 0 fully saturated rings. The van der Waals surface area contributed by atoms with Crippen LogP contribution in [0.5, 0.6) is 0 Å². The van der Waals surface area contributed by atoms with Crippen molar-refractivity contribution in [1.29, 1.82) is 0 Å². The highest BCUT2D eigenvalue weighted by atomic mass is 79.9. The summed E-state index contributed by atoms with van der Waals surface area (Å²) in [6.45, 7) is 1.48. The van der Waals surface area contributed by atoms with Crippen molar-refractivity contribution in [3.63, 3.8) is 0 Å². The predicted octanol–water partition coefficient (Wildman–Crippen LogP) is 4.08. The van der Waals surface area contributed by atoms with Gasteiger partial charge in [-0.1, -0.05) is 58.4 Å². The molecule has 0 unspecified atom stereocenters. The van der Waals surface area contributed by atoms with Gasteiger partial charge in [0.25, 0.3) is 0 Å². The summed E-state index contributed by atoms with van der Waals surface area (Å²) in [6, 6.07) is 16.7. The van der Waals surface area contributed by atoms with Crippen molar-refractivity contribution in [1.82, 2.24) is 0 Å². The number of rotatable bonds is 5. The van der Waals surface area contributed by atoms with Crippen LogP contribution < -0.4 is 0 Å². The molecule has 0 bridgehead atoms. The standard InChI is InChI=1S/C17H15BrO2/c1-12(19)16(11-13-7-9-15(18)10-8-13)17(20)14-5-3-2-4-6-14/h2-10,16H,11H2,1H3/t16-/m0/s1. The summed E-state index contributed by atoms with van der Waals surface area (Å²) < 4.78 is 0.981. The van der Waals surface area contributed by atoms with E-state index < -0.39 is 5.92 Å². The number of benzene rings is 2. The zero-order valence-electron chi connectivity index (χ0n) is 11.2. The van der Waals surface area contributed by atoms with Crippen LogP contribution in [0.25, 0.3) is 0 Å². The van der Waals surface area contributed by atoms with Crippen molar-refractivity contribution in [2.45, 2.75) is 13.3 Å². The molecule has 2 nitrogen and oxygen atoms in total. The molecule has 0 aliphatic heterocycles. The van der Waals surface area contributed by atoms with Crippen LogP contribution >= 0.6 is 15.9 Å². The molecule has 0 saturated carbocycles. The van der Waals surface area contributed by atoms with Gasteiger partial charge in [-0.3, -0.25) is 9.59 Å². The second-order valence-corrected chi connectivity index (χ2v) is 5.64. The van der Waals surface area contributed by atoms with Gasteiger partial charge in [0.2, 0.25) is 0 Å². The molecule has 0 aliphatic rings. The third-order valence-electron chi connectivity index (χ3n) is 3.22. The monoisotopic (exact) mass is 330 g/mol. The molecule has 0 N–H and O–H groups in total. The number of carbonyl (C=O) groups excluding carboxylic acids is 2. The van der Waals surface area contributed by atoms with Gasteiger partial charge in [0.05, 0.1) is 5.92 Å². The number of hydrogen-bond donors (Lipinski definition) is 0. The average Bonchev–Trinajstić information content (AvgIpc) is 2.46. The molecule has 20 heavy (non-hydrogen) atoms. The third-order valence-corrected chi connectivity index (χ3v) is 3.75. The zero-order valence-corrected chi connectivity index (χ0v) is 12.8. The van der Waals surface area contributed by atoms with Gasteiger partial charge in [-0.25, -0.2) is 0 Å². The molecule has 0 amide bonds. The molecule has 1 atom stereocenters. The van der Waals surface area contributed by atoms with Gasteiger partial charge >= 0.3 is 0 Å². The van der Waals surface area contributed by atoms with Crippen LogP contribution in [0, 0.1) is 5.92 Å². The van der Waals surface area contributed by atoms with Crippen molar-refractivity contribution < 1.29 is 9.59 Å². The molecule has 2 aromatic rings. The van der Waals surface area contributed by atoms with Gasteiger partial charge in [0.15, 0.2) is 5.78 Å². The molecular formula is C17H15BrO2. The second kappa shape index (κ2) is 6.62. The molecular weight excluding hydrogens is 316 g/mol. The Morgan fingerprint density at radius 2 is 1.60 bits per heavy atom. The Balaban J connectivity index is 2.21. The first-order chi connectivity index (χ1) is 9.58. The summed E-state index contributed by atoms with van der Waals surface area (Å²) in [5.74, 6) is -0.818. The maximum absolute atomic E-state index is 12.4. The maximum Gasteiger partial charge on any atom is 0.173 e. The quantitative estimate of drug-likeness (QED) is 0.611. The van der Waals surface area contributed by atoms with Gasteiger partial charge in [-0.05, 0) is 31.0 Å². The second-order valence-electron chi connectivity index (χ2n) is 4.72. The van der Waals surface area contributed by atoms with Crippen molar-refractivity contribution in [2.75, 3.05) is 0 Å². The Morgan fingerprint density at radius 3 is 2.15 bits per heavy atom. The molecule has 2 rings (SSSR count). The summed E-state index contributed by atoms with van der Waals surface area (Å²) in [5.41, 5.74) is 1.57. The summed E-state index contributed by atoms with van der Waals surface area (Å²) >= 11 is 3.37. The summed E-state index contributed by atoms with van der Waals surface area (Å²) in [7, 11) is 0. The lowest BCUT2D eigenvalue weighted by atomic mass is 9.88. The lowest BCUT2D eigenvalue weighted by molar-refractivity contribution is -0.119. The number of Topliss-reactive ketones (excluding diaryl/α,β-unsaturated/α-hetero) is 2. The fraction of sp³-hybridized carbons (Fsp3) is 0.176. The number of halogens is 1. The largest absolute Gasteiger partial charge is 0.299 e. The number of hydrogen-bond acceptors (Lipinski definition) is 2. The molecule has 0 saturated heterocycles. The minimum absolute atomic E-state index is 0.0956. The highest BCUT2D eigenvalue weighted by Crippen LogP contribution is 2.18. The molecule has 0 heterocycles. The Morgan fingerprint density at radius 1 is 1.00 bits per heavy atom. The minimum Gasteiger partial charge on any atom is -0.299 e. The van der Waals surface area contributed by atoms with Gasteiger partial charge < -0.3 is 0 Å². The molecule has 3 heteroatoms. The first kappa shape index (κ1) is 14.7. The van der Waals surface area contributed by atoms with E-state index >= 15 is 0 Å². The van der Waals surface area contributed by atoms with Crippen LogP contribution in [0.1, 0.15) is 22.8 Å². The SMILES string of the molecule is CC(=O)[C@H](Cc1ccc(Br)cc1)C(=O)c1ccccc1. The highest BCUT2D eigenvalue weighted by Gasteiger charge is 2.24. The zero-order chi connectivity index (χ0) is 14.5. The Hall–Kier alpha value is -1.74. The van der Waals surface area contributed by atoms with Gasteiger partial charge in [-0.15, -0.1) is 0 Å². The Labute approximate surface area is 127 Å². The topological polar surface area (TPSA) is 34.1 Å². The predicted molar refractivity (Wildman–Crippen MR) is 82.8 cm³/mol. The van der Waals surface area contributed by atoms with Crippen LogP contribution in [0.15, 0.2) is 59.1 Å². The van der Waals surface area contributed by atoms with Gasteiger partial charge in [0, 0.05) is 10.0 Å². The van der Waals surface area contributed by atoms with Crippen LogP contribution in [0.4, 0.5) is 0 Å². The molecule has 0 aliphatic carbocycles. The molecule has 0 aromatic heterocycles. The molecule has 0 spiro atoms. The molecule has 0 radical (unpaired) electrons. The van der Waals surface area contributed by atoms with Crippen molar-refractivity contribution >= 4 is 27.5 Å². The van der Waals surface area contributed by atoms with Crippen LogP contribution in [-0.2, 0) is 11.2 Å². The summed E-state index contributed by atoms with van der Waals surface area (Å²) in [4.78, 5) is 24.2. The number of carbonyl (C=O) groups is 2. The van der Waals surface area contributed by atoms with E-state index in [4.69, 9.17) is 0 Å². The van der Waals surface area contributed by atoms with E-state index in [1.807, 2.05) is 42.5 Å². The Bertz CT molecular complexity index is 603.